The molecule has 0 aromatic rings. The lowest BCUT2D eigenvalue weighted by Crippen LogP contribution is -2.29. The first-order valence-electron chi connectivity index (χ1n) is 20.7. The van der Waals surface area contributed by atoms with Gasteiger partial charge < -0.3 is 24.6 Å². The van der Waals surface area contributed by atoms with Crippen molar-refractivity contribution in [3.8, 4) is 0 Å². The van der Waals surface area contributed by atoms with E-state index in [-0.39, 0.29) is 19.4 Å². The first kappa shape index (κ1) is 51.7. The highest BCUT2D eigenvalue weighted by Crippen LogP contribution is 2.43. The number of carbonyl (C=O) groups is 2. The van der Waals surface area contributed by atoms with Crippen LogP contribution in [0.2, 0.25) is 0 Å². The molecular weight excluding hydrogens is 707 g/mol. The predicted molar refractivity (Wildman–Crippen MR) is 219 cm³/mol. The molecule has 0 aromatic carbocycles. The van der Waals surface area contributed by atoms with E-state index in [0.29, 0.717) is 12.8 Å². The maximum absolute atomic E-state index is 12.6. The van der Waals surface area contributed by atoms with Gasteiger partial charge in [0.2, 0.25) is 0 Å². The first-order chi connectivity index (χ1) is 26.2. The summed E-state index contributed by atoms with van der Waals surface area (Å²) in [7, 11) is -4.62. The first-order valence-corrected chi connectivity index (χ1v) is 22.2. The van der Waals surface area contributed by atoms with Gasteiger partial charge in [0.25, 0.3) is 0 Å². The van der Waals surface area contributed by atoms with Crippen molar-refractivity contribution >= 4 is 19.8 Å². The van der Waals surface area contributed by atoms with E-state index in [4.69, 9.17) is 19.1 Å². The Bertz CT molecular complexity index is 1080. The van der Waals surface area contributed by atoms with Crippen LogP contribution in [0.5, 0.6) is 0 Å². The fraction of sp³-hybridized carbons (Fsp3) is 0.721. The van der Waals surface area contributed by atoms with Crippen LogP contribution in [0.15, 0.2) is 60.8 Å². The van der Waals surface area contributed by atoms with Gasteiger partial charge in [0.05, 0.1) is 19.8 Å². The molecule has 0 aliphatic rings. The van der Waals surface area contributed by atoms with Crippen molar-refractivity contribution in [1.82, 2.24) is 0 Å². The van der Waals surface area contributed by atoms with Gasteiger partial charge in [0, 0.05) is 12.8 Å². The molecule has 0 saturated heterocycles. The van der Waals surface area contributed by atoms with Crippen LogP contribution in [0.1, 0.15) is 162 Å². The van der Waals surface area contributed by atoms with Crippen molar-refractivity contribution < 1.29 is 47.8 Å². The molecule has 0 aliphatic carbocycles. The molecule has 3 unspecified atom stereocenters. The predicted octanol–water partition coefficient (Wildman–Crippen LogP) is 10.7. The van der Waals surface area contributed by atoms with Gasteiger partial charge in [-0.05, 0) is 70.6 Å². The molecule has 54 heavy (non-hydrogen) atoms. The molecule has 10 nitrogen and oxygen atoms in total. The monoisotopic (exact) mass is 783 g/mol. The largest absolute Gasteiger partial charge is 0.472 e. The Morgan fingerprint density at radius 1 is 0.574 bits per heavy atom. The summed E-state index contributed by atoms with van der Waals surface area (Å²) in [5.74, 6) is -0.952. The number of hydrogen-bond acceptors (Lipinski definition) is 9. The molecule has 312 valence electrons. The van der Waals surface area contributed by atoms with Crippen LogP contribution in [-0.2, 0) is 32.7 Å². The van der Waals surface area contributed by atoms with Gasteiger partial charge in [-0.1, -0.05) is 139 Å². The fourth-order valence-electron chi connectivity index (χ4n) is 5.22. The molecule has 0 aliphatic heterocycles. The summed E-state index contributed by atoms with van der Waals surface area (Å²) >= 11 is 0. The third kappa shape index (κ3) is 38.0. The van der Waals surface area contributed by atoms with E-state index < -0.39 is 51.8 Å². The Labute approximate surface area is 327 Å². The summed E-state index contributed by atoms with van der Waals surface area (Å²) in [5.41, 5.74) is 0. The number of phosphoric acid groups is 1. The van der Waals surface area contributed by atoms with Crippen molar-refractivity contribution in [3.63, 3.8) is 0 Å². The minimum Gasteiger partial charge on any atom is -0.462 e. The van der Waals surface area contributed by atoms with Crippen molar-refractivity contribution in [2.45, 2.75) is 174 Å². The second-order valence-electron chi connectivity index (χ2n) is 13.6. The lowest BCUT2D eigenvalue weighted by Gasteiger charge is -2.20. The molecule has 0 spiro atoms. The summed E-state index contributed by atoms with van der Waals surface area (Å²) in [6.07, 6.45) is 41.9. The summed E-state index contributed by atoms with van der Waals surface area (Å²) in [4.78, 5) is 34.9. The lowest BCUT2D eigenvalue weighted by molar-refractivity contribution is -0.161. The molecule has 0 radical (unpaired) electrons. The number of hydrogen-bond donors (Lipinski definition) is 3. The summed E-state index contributed by atoms with van der Waals surface area (Å²) in [5, 5.41) is 18.3. The number of aliphatic hydroxyl groups is 2. The molecule has 0 saturated carbocycles. The molecular formula is C43H75O10P. The molecule has 3 N–H and O–H groups in total. The van der Waals surface area contributed by atoms with Gasteiger partial charge in [-0.2, -0.15) is 0 Å². The second-order valence-corrected chi connectivity index (χ2v) is 15.1. The number of allylic oxidation sites excluding steroid dienone is 10. The van der Waals surface area contributed by atoms with Crippen LogP contribution in [-0.4, -0.2) is 65.7 Å². The zero-order chi connectivity index (χ0) is 39.8. The minimum absolute atomic E-state index is 0.170. The van der Waals surface area contributed by atoms with Gasteiger partial charge in [-0.3, -0.25) is 18.6 Å². The highest BCUT2D eigenvalue weighted by Gasteiger charge is 2.27. The van der Waals surface area contributed by atoms with E-state index >= 15 is 0 Å². The van der Waals surface area contributed by atoms with E-state index in [2.05, 4.69) is 79.1 Å². The maximum Gasteiger partial charge on any atom is 0.472 e. The summed E-state index contributed by atoms with van der Waals surface area (Å²) < 4.78 is 32.6. The van der Waals surface area contributed by atoms with Crippen molar-refractivity contribution in [3.05, 3.63) is 60.8 Å². The standard InChI is InChI=1S/C43H75O10P/c1-3-5-7-9-11-13-15-16-17-18-19-20-21-22-23-24-25-27-29-31-33-35-43(47)53-41(39-52-54(48,49)51-37-40(45)36-44)38-50-42(46)34-32-30-28-26-14-12-10-8-6-4-2/h5,7-8,10-11,13,16-17,19-20,40-41,44-45H,3-4,6,9,12,14-15,18,21-39H2,1-2H3,(H,48,49)/b7-5-,10-8-,13-11-,17-16-,20-19-. The zero-order valence-corrected chi connectivity index (χ0v) is 34.6. The molecule has 0 fully saturated rings. The average Bonchev–Trinajstić information content (AvgIpc) is 3.16. The quantitative estimate of drug-likeness (QED) is 0.0239. The third-order valence-electron chi connectivity index (χ3n) is 8.39. The van der Waals surface area contributed by atoms with Crippen molar-refractivity contribution in [1.29, 1.82) is 0 Å². The van der Waals surface area contributed by atoms with E-state index in [9.17, 15) is 24.2 Å². The van der Waals surface area contributed by atoms with Gasteiger partial charge in [-0.15, -0.1) is 0 Å². The van der Waals surface area contributed by atoms with Crippen LogP contribution in [0, 0.1) is 0 Å². The van der Waals surface area contributed by atoms with Crippen LogP contribution in [0.4, 0.5) is 0 Å². The average molecular weight is 783 g/mol. The molecule has 0 heterocycles. The molecule has 3 atom stereocenters. The van der Waals surface area contributed by atoms with Gasteiger partial charge >= 0.3 is 19.8 Å². The van der Waals surface area contributed by atoms with Crippen LogP contribution in [0.3, 0.4) is 0 Å². The SMILES string of the molecule is CC/C=C\C/C=C\C/C=C\C/C=C\CCCCCCCCCCC(=O)OC(COC(=O)CCCCCCC/C=C\CCC)COP(=O)(O)OCC(O)CO. The summed E-state index contributed by atoms with van der Waals surface area (Å²) in [6, 6.07) is 0. The minimum atomic E-state index is -4.62. The second kappa shape index (κ2) is 38.9. The number of aliphatic hydroxyl groups excluding tert-OH is 2. The molecule has 0 bridgehead atoms. The van der Waals surface area contributed by atoms with Gasteiger partial charge in [0.15, 0.2) is 6.10 Å². The van der Waals surface area contributed by atoms with Gasteiger partial charge in [0.1, 0.15) is 12.7 Å². The Morgan fingerprint density at radius 3 is 1.56 bits per heavy atom. The number of rotatable bonds is 38. The highest BCUT2D eigenvalue weighted by molar-refractivity contribution is 7.47. The zero-order valence-electron chi connectivity index (χ0n) is 33.7. The van der Waals surface area contributed by atoms with E-state index in [1.165, 1.54) is 25.7 Å². The Balaban J connectivity index is 4.28. The molecule has 0 rings (SSSR count). The lowest BCUT2D eigenvalue weighted by atomic mass is 10.1. The molecule has 0 aromatic heterocycles. The maximum atomic E-state index is 12.6. The number of ether oxygens (including phenoxy) is 2. The fourth-order valence-corrected chi connectivity index (χ4v) is 6.01. The molecule has 11 heteroatoms. The highest BCUT2D eigenvalue weighted by atomic mass is 31.2. The van der Waals surface area contributed by atoms with E-state index in [0.717, 1.165) is 96.3 Å². The molecule has 0 amide bonds. The summed E-state index contributed by atoms with van der Waals surface area (Å²) in [6.45, 7) is 2.16. The Hall–Kier alpha value is -2.33. The smallest absolute Gasteiger partial charge is 0.462 e. The Morgan fingerprint density at radius 2 is 1.02 bits per heavy atom. The Kier molecular flexibility index (Phi) is 37.2. The van der Waals surface area contributed by atoms with Crippen LogP contribution < -0.4 is 0 Å². The van der Waals surface area contributed by atoms with Crippen molar-refractivity contribution in [2.75, 3.05) is 26.4 Å². The number of esters is 2. The number of carbonyl (C=O) groups excluding carboxylic acids is 2. The van der Waals surface area contributed by atoms with E-state index in [1.807, 2.05) is 0 Å². The number of unbranched alkanes of at least 4 members (excludes halogenated alkanes) is 14. The number of phosphoric ester groups is 1. The third-order valence-corrected chi connectivity index (χ3v) is 9.34. The normalized spacial score (nSPS) is 14.5. The van der Waals surface area contributed by atoms with Crippen LogP contribution >= 0.6 is 7.82 Å². The van der Waals surface area contributed by atoms with Crippen molar-refractivity contribution in [2.24, 2.45) is 0 Å². The van der Waals surface area contributed by atoms with Gasteiger partial charge in [-0.25, -0.2) is 4.57 Å². The topological polar surface area (TPSA) is 149 Å². The van der Waals surface area contributed by atoms with E-state index in [1.54, 1.807) is 0 Å². The van der Waals surface area contributed by atoms with Crippen LogP contribution in [0.25, 0.3) is 0 Å².